The number of nitriles is 1. The summed E-state index contributed by atoms with van der Waals surface area (Å²) in [6, 6.07) is 8.93. The topological polar surface area (TPSA) is 85.6 Å². The molecule has 23 heavy (non-hydrogen) atoms. The van der Waals surface area contributed by atoms with Crippen LogP contribution in [0.4, 0.5) is 0 Å². The van der Waals surface area contributed by atoms with Crippen molar-refractivity contribution in [2.75, 3.05) is 6.61 Å². The van der Waals surface area contributed by atoms with E-state index in [9.17, 15) is 9.59 Å². The third-order valence-electron chi connectivity index (χ3n) is 3.01. The molecule has 1 aromatic rings. The summed E-state index contributed by atoms with van der Waals surface area (Å²) in [5.41, 5.74) is 0.505. The van der Waals surface area contributed by atoms with Crippen LogP contribution in [0.25, 0.3) is 6.08 Å². The highest BCUT2D eigenvalue weighted by atomic mass is 16.7. The van der Waals surface area contributed by atoms with E-state index in [1.807, 2.05) is 6.07 Å². The van der Waals surface area contributed by atoms with Gasteiger partial charge in [-0.3, -0.25) is 0 Å². The number of carbonyl (C=O) groups excluding carboxylic acids is 2. The number of hydrogen-bond acceptors (Lipinski definition) is 6. The standard InChI is InChI=1S/C17H17NO5/c1-17(2)22-15(19)14(16(20)23-17)11-12-5-7-13(8-6-12)21-10-4-3-9-18/h5-8,11H,3-4,10H2,1-2H3. The Labute approximate surface area is 134 Å². The van der Waals surface area contributed by atoms with E-state index in [1.54, 1.807) is 24.3 Å². The number of benzene rings is 1. The fraction of sp³-hybridized carbons (Fsp3) is 0.353. The monoisotopic (exact) mass is 315 g/mol. The molecule has 1 aromatic carbocycles. The van der Waals surface area contributed by atoms with E-state index in [-0.39, 0.29) is 5.57 Å². The lowest BCUT2D eigenvalue weighted by atomic mass is 10.1. The number of carbonyl (C=O) groups is 2. The van der Waals surface area contributed by atoms with Gasteiger partial charge in [-0.2, -0.15) is 5.26 Å². The zero-order chi connectivity index (χ0) is 16.9. The fourth-order valence-corrected chi connectivity index (χ4v) is 1.95. The third-order valence-corrected chi connectivity index (χ3v) is 3.01. The van der Waals surface area contributed by atoms with E-state index in [1.165, 1.54) is 19.9 Å². The van der Waals surface area contributed by atoms with Gasteiger partial charge in [0.05, 0.1) is 12.7 Å². The SMILES string of the molecule is CC1(C)OC(=O)C(=Cc2ccc(OCCCC#N)cc2)C(=O)O1. The first-order valence-electron chi connectivity index (χ1n) is 7.19. The van der Waals surface area contributed by atoms with Crippen LogP contribution in [0.2, 0.25) is 0 Å². The summed E-state index contributed by atoms with van der Waals surface area (Å²) in [6.07, 6.45) is 2.53. The zero-order valence-electron chi connectivity index (χ0n) is 13.0. The van der Waals surface area contributed by atoms with Gasteiger partial charge < -0.3 is 14.2 Å². The summed E-state index contributed by atoms with van der Waals surface area (Å²) in [5.74, 6) is -2.00. The van der Waals surface area contributed by atoms with Gasteiger partial charge in [-0.1, -0.05) is 12.1 Å². The van der Waals surface area contributed by atoms with Crippen LogP contribution in [0.1, 0.15) is 32.3 Å². The van der Waals surface area contributed by atoms with Crippen molar-refractivity contribution in [3.63, 3.8) is 0 Å². The number of ether oxygens (including phenoxy) is 3. The molecule has 0 saturated carbocycles. The lowest BCUT2D eigenvalue weighted by molar-refractivity contribution is -0.222. The van der Waals surface area contributed by atoms with Crippen molar-refractivity contribution >= 4 is 18.0 Å². The summed E-state index contributed by atoms with van der Waals surface area (Å²) < 4.78 is 15.5. The second-order valence-corrected chi connectivity index (χ2v) is 5.42. The first-order valence-corrected chi connectivity index (χ1v) is 7.19. The Morgan fingerprint density at radius 1 is 1.17 bits per heavy atom. The predicted octanol–water partition coefficient (Wildman–Crippen LogP) is 2.59. The molecule has 1 heterocycles. The number of esters is 2. The Morgan fingerprint density at radius 3 is 2.35 bits per heavy atom. The molecular weight excluding hydrogens is 298 g/mol. The van der Waals surface area contributed by atoms with Gasteiger partial charge in [-0.05, 0) is 30.2 Å². The quantitative estimate of drug-likeness (QED) is 0.359. The number of cyclic esters (lactones) is 2. The number of hydrogen-bond donors (Lipinski definition) is 0. The average Bonchev–Trinajstić information content (AvgIpc) is 2.48. The van der Waals surface area contributed by atoms with Crippen LogP contribution in [0.5, 0.6) is 5.75 Å². The van der Waals surface area contributed by atoms with Gasteiger partial charge in [0.1, 0.15) is 11.3 Å². The van der Waals surface area contributed by atoms with Crippen molar-refractivity contribution in [2.45, 2.75) is 32.5 Å². The van der Waals surface area contributed by atoms with E-state index >= 15 is 0 Å². The van der Waals surface area contributed by atoms with Gasteiger partial charge in [0, 0.05) is 20.3 Å². The van der Waals surface area contributed by atoms with Crippen LogP contribution in [0.15, 0.2) is 29.8 Å². The van der Waals surface area contributed by atoms with Crippen LogP contribution < -0.4 is 4.74 Å². The molecule has 1 aliphatic heterocycles. The Morgan fingerprint density at radius 2 is 1.78 bits per heavy atom. The van der Waals surface area contributed by atoms with Crippen molar-refractivity contribution in [1.82, 2.24) is 0 Å². The smallest absolute Gasteiger partial charge is 0.348 e. The number of unbranched alkanes of at least 4 members (excludes halogenated alkanes) is 1. The summed E-state index contributed by atoms with van der Waals surface area (Å²) in [6.45, 7) is 3.46. The summed E-state index contributed by atoms with van der Waals surface area (Å²) in [7, 11) is 0. The molecule has 0 spiro atoms. The van der Waals surface area contributed by atoms with Crippen LogP contribution in [-0.4, -0.2) is 24.3 Å². The highest BCUT2D eigenvalue weighted by Crippen LogP contribution is 2.24. The van der Waals surface area contributed by atoms with Gasteiger partial charge in [-0.25, -0.2) is 9.59 Å². The fourth-order valence-electron chi connectivity index (χ4n) is 1.95. The van der Waals surface area contributed by atoms with E-state index in [4.69, 9.17) is 19.5 Å². The molecule has 1 saturated heterocycles. The Balaban J connectivity index is 2.04. The maximum Gasteiger partial charge on any atom is 0.348 e. The molecule has 120 valence electrons. The summed E-state index contributed by atoms with van der Waals surface area (Å²) >= 11 is 0. The Kier molecular flexibility index (Phi) is 5.02. The van der Waals surface area contributed by atoms with E-state index < -0.39 is 17.7 Å². The number of rotatable bonds is 5. The molecule has 0 bridgehead atoms. The minimum absolute atomic E-state index is 0.146. The van der Waals surface area contributed by atoms with E-state index in [0.29, 0.717) is 30.8 Å². The highest BCUT2D eigenvalue weighted by molar-refractivity contribution is 6.18. The Hall–Kier alpha value is -2.81. The van der Waals surface area contributed by atoms with E-state index in [2.05, 4.69) is 0 Å². The molecule has 1 fully saturated rings. The van der Waals surface area contributed by atoms with Gasteiger partial charge in [0.25, 0.3) is 5.79 Å². The average molecular weight is 315 g/mol. The second kappa shape index (κ2) is 6.97. The van der Waals surface area contributed by atoms with Gasteiger partial charge >= 0.3 is 11.9 Å². The minimum atomic E-state index is -1.24. The van der Waals surface area contributed by atoms with Crippen LogP contribution in [-0.2, 0) is 19.1 Å². The molecule has 0 aliphatic carbocycles. The molecule has 6 nitrogen and oxygen atoms in total. The largest absolute Gasteiger partial charge is 0.494 e. The highest BCUT2D eigenvalue weighted by Gasteiger charge is 2.38. The predicted molar refractivity (Wildman–Crippen MR) is 81.0 cm³/mol. The molecule has 0 atom stereocenters. The van der Waals surface area contributed by atoms with Gasteiger partial charge in [-0.15, -0.1) is 0 Å². The third kappa shape index (κ3) is 4.58. The molecule has 0 radical (unpaired) electrons. The summed E-state index contributed by atoms with van der Waals surface area (Å²) in [5, 5.41) is 8.44. The molecule has 0 N–H and O–H groups in total. The first-order chi connectivity index (χ1) is 10.9. The maximum atomic E-state index is 11.9. The molecule has 6 heteroatoms. The van der Waals surface area contributed by atoms with Crippen LogP contribution in [0.3, 0.4) is 0 Å². The zero-order valence-corrected chi connectivity index (χ0v) is 13.0. The van der Waals surface area contributed by atoms with E-state index in [0.717, 1.165) is 0 Å². The lowest BCUT2D eigenvalue weighted by Crippen LogP contribution is -2.41. The summed E-state index contributed by atoms with van der Waals surface area (Å²) in [4.78, 5) is 23.7. The van der Waals surface area contributed by atoms with Crippen molar-refractivity contribution in [1.29, 1.82) is 5.26 Å². The maximum absolute atomic E-state index is 11.9. The number of nitrogens with zero attached hydrogens (tertiary/aromatic N) is 1. The molecule has 2 rings (SSSR count). The molecule has 1 aliphatic rings. The lowest BCUT2D eigenvalue weighted by Gasteiger charge is -2.29. The van der Waals surface area contributed by atoms with Crippen LogP contribution in [0, 0.1) is 11.3 Å². The molecular formula is C17H17NO5. The molecule has 0 aromatic heterocycles. The second-order valence-electron chi connectivity index (χ2n) is 5.42. The van der Waals surface area contributed by atoms with Crippen molar-refractivity contribution < 1.29 is 23.8 Å². The Bertz CT molecular complexity index is 645. The normalized spacial score (nSPS) is 16.1. The van der Waals surface area contributed by atoms with Crippen molar-refractivity contribution in [2.24, 2.45) is 0 Å². The van der Waals surface area contributed by atoms with Gasteiger partial charge in [0.15, 0.2) is 0 Å². The first kappa shape index (κ1) is 16.6. The van der Waals surface area contributed by atoms with Crippen molar-refractivity contribution in [3.8, 4) is 11.8 Å². The molecule has 0 amide bonds. The van der Waals surface area contributed by atoms with Crippen molar-refractivity contribution in [3.05, 3.63) is 35.4 Å². The minimum Gasteiger partial charge on any atom is -0.494 e. The van der Waals surface area contributed by atoms with Gasteiger partial charge in [0.2, 0.25) is 0 Å². The van der Waals surface area contributed by atoms with Crippen LogP contribution >= 0.6 is 0 Å². The molecule has 0 unspecified atom stereocenters.